The quantitative estimate of drug-likeness (QED) is 0.352. The number of carbonyl (C=O) groups excluding carboxylic acids is 1. The molecule has 25 heavy (non-hydrogen) atoms. The van der Waals surface area contributed by atoms with Crippen molar-refractivity contribution < 1.29 is 13.9 Å². The second-order valence-electron chi connectivity index (χ2n) is 5.00. The minimum absolute atomic E-state index is 0.300. The lowest BCUT2D eigenvalue weighted by molar-refractivity contribution is 0.0600. The molecule has 0 unspecified atom stereocenters. The van der Waals surface area contributed by atoms with E-state index in [0.717, 1.165) is 15.6 Å². The van der Waals surface area contributed by atoms with Gasteiger partial charge in [-0.05, 0) is 54.2 Å². The van der Waals surface area contributed by atoms with Gasteiger partial charge < -0.3 is 4.74 Å². The van der Waals surface area contributed by atoms with Gasteiger partial charge >= 0.3 is 5.97 Å². The summed E-state index contributed by atoms with van der Waals surface area (Å²) in [5, 5.41) is 4.48. The van der Waals surface area contributed by atoms with Crippen LogP contribution >= 0.6 is 35.3 Å². The topological polar surface area (TPSA) is 44.1 Å². The molecule has 0 spiro atoms. The number of benzene rings is 2. The molecule has 0 aliphatic rings. The van der Waals surface area contributed by atoms with E-state index in [1.807, 2.05) is 12.1 Å². The van der Waals surface area contributed by atoms with Crippen molar-refractivity contribution in [1.29, 1.82) is 0 Å². The largest absolute Gasteiger partial charge is 0.465 e. The fraction of sp³-hybridized carbons (Fsp3) is 0.118. The number of hydrogen-bond acceptors (Lipinski definition) is 6. The van der Waals surface area contributed by atoms with Gasteiger partial charge in [-0.15, -0.1) is 5.10 Å². The highest BCUT2D eigenvalue weighted by Crippen LogP contribution is 2.27. The van der Waals surface area contributed by atoms with Crippen molar-refractivity contribution in [3.05, 3.63) is 69.4 Å². The first-order valence-electron chi connectivity index (χ1n) is 7.23. The maximum Gasteiger partial charge on any atom is 0.337 e. The summed E-state index contributed by atoms with van der Waals surface area (Å²) in [4.78, 5) is 11.6. The number of nitrogens with zero attached hydrogens (tertiary/aromatic N) is 2. The predicted octanol–water partition coefficient (Wildman–Crippen LogP) is 4.88. The Hall–Kier alpha value is -2.03. The average Bonchev–Trinajstić information content (AvgIpc) is 3.01. The zero-order valence-corrected chi connectivity index (χ0v) is 15.6. The minimum atomic E-state index is -0.358. The molecule has 0 bridgehead atoms. The molecule has 1 aromatic heterocycles. The number of hydrogen-bond donors (Lipinski definition) is 0. The van der Waals surface area contributed by atoms with Crippen molar-refractivity contribution in [2.24, 2.45) is 0 Å². The summed E-state index contributed by atoms with van der Waals surface area (Å²) >= 11 is 8.26. The maximum atomic E-state index is 13.0. The van der Waals surface area contributed by atoms with Crippen molar-refractivity contribution in [1.82, 2.24) is 9.78 Å². The molecule has 0 atom stereocenters. The maximum absolute atomic E-state index is 13.0. The first-order valence-corrected chi connectivity index (χ1v) is 9.44. The Morgan fingerprint density at radius 2 is 2.08 bits per heavy atom. The number of carbonyl (C=O) groups is 1. The molecule has 0 fully saturated rings. The Morgan fingerprint density at radius 1 is 1.32 bits per heavy atom. The standard InChI is InChI=1S/C17H13FN2O2S3/c1-22-15(21)12-4-2-3-11(9-12)10-24-16-19-20(17(23)25-16)14-7-5-13(18)6-8-14/h2-9H,10H2,1H3. The number of thioether (sulfide) groups is 1. The summed E-state index contributed by atoms with van der Waals surface area (Å²) in [5.41, 5.74) is 2.23. The van der Waals surface area contributed by atoms with Crippen molar-refractivity contribution in [3.63, 3.8) is 0 Å². The Bertz CT molecular complexity index is 951. The second-order valence-corrected chi connectivity index (χ2v) is 7.85. The third kappa shape index (κ3) is 4.33. The number of methoxy groups -OCH3 is 1. The third-order valence-corrected chi connectivity index (χ3v) is 5.75. The molecule has 0 N–H and O–H groups in total. The van der Waals surface area contributed by atoms with Gasteiger partial charge in [0, 0.05) is 5.75 Å². The molecule has 3 rings (SSSR count). The summed E-state index contributed by atoms with van der Waals surface area (Å²) in [6, 6.07) is 13.3. The van der Waals surface area contributed by atoms with Gasteiger partial charge in [-0.3, -0.25) is 0 Å². The van der Waals surface area contributed by atoms with Gasteiger partial charge in [0.2, 0.25) is 0 Å². The number of ether oxygens (including phenoxy) is 1. The van der Waals surface area contributed by atoms with Crippen LogP contribution in [-0.2, 0) is 10.5 Å². The monoisotopic (exact) mass is 392 g/mol. The Balaban J connectivity index is 1.74. The van der Waals surface area contributed by atoms with Crippen LogP contribution in [-0.4, -0.2) is 22.9 Å². The van der Waals surface area contributed by atoms with Gasteiger partial charge in [0.05, 0.1) is 18.4 Å². The molecule has 4 nitrogen and oxygen atoms in total. The van der Waals surface area contributed by atoms with E-state index in [0.29, 0.717) is 15.3 Å². The number of rotatable bonds is 5. The lowest BCUT2D eigenvalue weighted by Gasteiger charge is -2.03. The SMILES string of the molecule is COC(=O)c1cccc(CSc2nn(-c3ccc(F)cc3)c(=S)s2)c1. The summed E-state index contributed by atoms with van der Waals surface area (Å²) in [6.45, 7) is 0. The van der Waals surface area contributed by atoms with E-state index in [9.17, 15) is 9.18 Å². The molecule has 0 radical (unpaired) electrons. The van der Waals surface area contributed by atoms with Crippen LogP contribution in [0.3, 0.4) is 0 Å². The van der Waals surface area contributed by atoms with E-state index in [4.69, 9.17) is 17.0 Å². The van der Waals surface area contributed by atoms with Crippen LogP contribution in [0.25, 0.3) is 5.69 Å². The molecular formula is C17H13FN2O2S3. The summed E-state index contributed by atoms with van der Waals surface area (Å²) in [6.07, 6.45) is 0. The molecule has 0 amide bonds. The van der Waals surface area contributed by atoms with E-state index in [1.54, 1.807) is 28.9 Å². The molecule has 128 valence electrons. The normalized spacial score (nSPS) is 10.6. The molecule has 0 aliphatic carbocycles. The van der Waals surface area contributed by atoms with Gasteiger partial charge in [-0.25, -0.2) is 13.9 Å². The van der Waals surface area contributed by atoms with Gasteiger partial charge in [0.15, 0.2) is 8.29 Å². The zero-order valence-electron chi connectivity index (χ0n) is 13.1. The van der Waals surface area contributed by atoms with Crippen LogP contribution in [0.1, 0.15) is 15.9 Å². The van der Waals surface area contributed by atoms with Crippen LogP contribution in [0.4, 0.5) is 4.39 Å². The highest BCUT2D eigenvalue weighted by atomic mass is 32.2. The lowest BCUT2D eigenvalue weighted by Crippen LogP contribution is -2.01. The van der Waals surface area contributed by atoms with E-state index < -0.39 is 0 Å². The molecule has 0 aliphatic heterocycles. The molecule has 8 heteroatoms. The Morgan fingerprint density at radius 3 is 2.80 bits per heavy atom. The predicted molar refractivity (Wildman–Crippen MR) is 99.6 cm³/mol. The van der Waals surface area contributed by atoms with Crippen LogP contribution in [0.2, 0.25) is 0 Å². The number of aromatic nitrogens is 2. The van der Waals surface area contributed by atoms with E-state index in [2.05, 4.69) is 5.10 Å². The van der Waals surface area contributed by atoms with Gasteiger partial charge in [0.1, 0.15) is 5.82 Å². The average molecular weight is 393 g/mol. The fourth-order valence-electron chi connectivity index (χ4n) is 2.12. The Labute approximate surface area is 157 Å². The summed E-state index contributed by atoms with van der Waals surface area (Å²) in [7, 11) is 1.36. The van der Waals surface area contributed by atoms with E-state index >= 15 is 0 Å². The second kappa shape index (κ2) is 7.90. The van der Waals surface area contributed by atoms with Gasteiger partial charge in [-0.2, -0.15) is 0 Å². The van der Waals surface area contributed by atoms with Crippen LogP contribution in [0.5, 0.6) is 0 Å². The zero-order chi connectivity index (χ0) is 17.8. The highest BCUT2D eigenvalue weighted by Gasteiger charge is 2.09. The fourth-order valence-corrected chi connectivity index (χ4v) is 4.42. The third-order valence-electron chi connectivity index (χ3n) is 3.31. The lowest BCUT2D eigenvalue weighted by atomic mass is 10.1. The first kappa shape index (κ1) is 17.8. The van der Waals surface area contributed by atoms with Gasteiger partial charge in [0.25, 0.3) is 0 Å². The van der Waals surface area contributed by atoms with Gasteiger partial charge in [-0.1, -0.05) is 35.2 Å². The molecule has 1 heterocycles. The summed E-state index contributed by atoms with van der Waals surface area (Å²) in [5.74, 6) is -0.00929. The van der Waals surface area contributed by atoms with Crippen molar-refractivity contribution in [3.8, 4) is 5.69 Å². The number of halogens is 1. The molecular weight excluding hydrogens is 379 g/mol. The summed E-state index contributed by atoms with van der Waals surface area (Å²) < 4.78 is 20.8. The molecule has 0 saturated heterocycles. The van der Waals surface area contributed by atoms with Crippen LogP contribution in [0.15, 0.2) is 52.9 Å². The van der Waals surface area contributed by atoms with Crippen LogP contribution in [0, 0.1) is 9.77 Å². The van der Waals surface area contributed by atoms with Crippen molar-refractivity contribution in [2.75, 3.05) is 7.11 Å². The first-order chi connectivity index (χ1) is 12.1. The van der Waals surface area contributed by atoms with Crippen LogP contribution < -0.4 is 0 Å². The molecule has 3 aromatic rings. The minimum Gasteiger partial charge on any atom is -0.465 e. The smallest absolute Gasteiger partial charge is 0.337 e. The molecule has 2 aromatic carbocycles. The number of esters is 1. The molecule has 0 saturated carbocycles. The van der Waals surface area contributed by atoms with Crippen molar-refractivity contribution >= 4 is 41.3 Å². The van der Waals surface area contributed by atoms with E-state index in [-0.39, 0.29) is 11.8 Å². The van der Waals surface area contributed by atoms with Crippen molar-refractivity contribution in [2.45, 2.75) is 10.1 Å². The van der Waals surface area contributed by atoms with E-state index in [1.165, 1.54) is 42.3 Å². The Kier molecular flexibility index (Phi) is 5.62. The highest BCUT2D eigenvalue weighted by molar-refractivity contribution is 8.00.